The van der Waals surface area contributed by atoms with E-state index in [9.17, 15) is 4.79 Å². The zero-order valence-corrected chi connectivity index (χ0v) is 22.2. The molecule has 0 fully saturated rings. The Hall–Kier alpha value is -2.89. The molecule has 1 aliphatic heterocycles. The molecule has 5 rings (SSSR count). The van der Waals surface area contributed by atoms with Gasteiger partial charge in [-0.1, -0.05) is 79.4 Å². The van der Waals surface area contributed by atoms with Crippen LogP contribution in [0.25, 0.3) is 16.3 Å². The number of carbonyl (C=O) groups excluding carboxylic acids is 1. The molecule has 0 saturated carbocycles. The van der Waals surface area contributed by atoms with Gasteiger partial charge in [0.2, 0.25) is 5.52 Å². The SMILES string of the molecule is CC[n+]1c(/C=C2C=C(/C=C/C=C3\Sc4ccccc4N3CC=O)CC(C)(C)C/2)sc2ccccc21. The van der Waals surface area contributed by atoms with E-state index in [-0.39, 0.29) is 5.41 Å². The normalized spacial score (nSPS) is 19.6. The third-order valence-electron chi connectivity index (χ3n) is 6.44. The molecule has 0 radical (unpaired) electrons. The first-order valence-corrected chi connectivity index (χ1v) is 13.8. The van der Waals surface area contributed by atoms with Crippen molar-refractivity contribution in [3.8, 4) is 0 Å². The van der Waals surface area contributed by atoms with Gasteiger partial charge in [0.15, 0.2) is 0 Å². The van der Waals surface area contributed by atoms with Crippen LogP contribution in [0, 0.1) is 5.41 Å². The second-order valence-corrected chi connectivity index (χ2v) is 11.9. The lowest BCUT2D eigenvalue weighted by Crippen LogP contribution is -2.33. The van der Waals surface area contributed by atoms with Gasteiger partial charge in [-0.15, -0.1) is 0 Å². The number of para-hydroxylation sites is 2. The fourth-order valence-corrected chi connectivity index (χ4v) is 7.33. The number of aldehydes is 1. The molecule has 2 aliphatic rings. The van der Waals surface area contributed by atoms with E-state index >= 15 is 0 Å². The summed E-state index contributed by atoms with van der Waals surface area (Å²) in [6, 6.07) is 16.9. The van der Waals surface area contributed by atoms with E-state index in [4.69, 9.17) is 0 Å². The first-order chi connectivity index (χ1) is 17.0. The summed E-state index contributed by atoms with van der Waals surface area (Å²) in [5.74, 6) is 0. The number of aromatic nitrogens is 1. The van der Waals surface area contributed by atoms with Gasteiger partial charge in [0.1, 0.15) is 17.5 Å². The van der Waals surface area contributed by atoms with Crippen LogP contribution in [-0.2, 0) is 11.3 Å². The van der Waals surface area contributed by atoms with Crippen LogP contribution in [0.3, 0.4) is 0 Å². The van der Waals surface area contributed by atoms with E-state index in [0.29, 0.717) is 6.54 Å². The number of hydrogen-bond acceptors (Lipinski definition) is 4. The Balaban J connectivity index is 1.43. The second-order valence-electron chi connectivity index (χ2n) is 9.82. The zero-order chi connectivity index (χ0) is 24.4. The maximum Gasteiger partial charge on any atom is 0.263 e. The summed E-state index contributed by atoms with van der Waals surface area (Å²) in [7, 11) is 0. The first-order valence-electron chi connectivity index (χ1n) is 12.2. The molecule has 178 valence electrons. The van der Waals surface area contributed by atoms with Crippen LogP contribution in [0.2, 0.25) is 0 Å². The number of thiazole rings is 1. The fraction of sp³-hybridized carbons (Fsp3) is 0.267. The lowest BCUT2D eigenvalue weighted by atomic mass is 9.75. The van der Waals surface area contributed by atoms with Crippen LogP contribution in [0.5, 0.6) is 0 Å². The highest BCUT2D eigenvalue weighted by atomic mass is 32.2. The Bertz CT molecular complexity index is 1390. The van der Waals surface area contributed by atoms with Crippen molar-refractivity contribution in [3.63, 3.8) is 0 Å². The molecule has 0 amide bonds. The van der Waals surface area contributed by atoms with Gasteiger partial charge in [-0.3, -0.25) is 0 Å². The number of nitrogens with zero attached hydrogens (tertiary/aromatic N) is 2. The lowest BCUT2D eigenvalue weighted by Gasteiger charge is -2.30. The molecule has 0 bridgehead atoms. The Labute approximate surface area is 216 Å². The molecule has 3 nitrogen and oxygen atoms in total. The van der Waals surface area contributed by atoms with Crippen LogP contribution >= 0.6 is 23.1 Å². The average molecular weight is 500 g/mol. The summed E-state index contributed by atoms with van der Waals surface area (Å²) in [5, 5.41) is 2.41. The Morgan fingerprint density at radius 1 is 1.09 bits per heavy atom. The van der Waals surface area contributed by atoms with Crippen molar-refractivity contribution in [2.24, 2.45) is 5.41 Å². The molecule has 5 heteroatoms. The average Bonchev–Trinajstić information content (AvgIpc) is 3.35. The van der Waals surface area contributed by atoms with Gasteiger partial charge >= 0.3 is 0 Å². The minimum Gasteiger partial charge on any atom is -0.328 e. The molecule has 1 aliphatic carbocycles. The van der Waals surface area contributed by atoms with Crippen LogP contribution in [0.15, 0.2) is 93.9 Å². The number of anilines is 1. The van der Waals surface area contributed by atoms with Crippen molar-refractivity contribution in [2.45, 2.75) is 45.1 Å². The molecule has 0 N–H and O–H groups in total. The summed E-state index contributed by atoms with van der Waals surface area (Å²) < 4.78 is 3.75. The Morgan fingerprint density at radius 3 is 2.71 bits per heavy atom. The fourth-order valence-electron chi connectivity index (χ4n) is 5.05. The minimum absolute atomic E-state index is 0.211. The third kappa shape index (κ3) is 5.07. The van der Waals surface area contributed by atoms with Crippen molar-refractivity contribution in [3.05, 3.63) is 94.0 Å². The molecule has 0 spiro atoms. The smallest absolute Gasteiger partial charge is 0.263 e. The minimum atomic E-state index is 0.211. The second kappa shape index (κ2) is 10.00. The van der Waals surface area contributed by atoms with E-state index in [1.165, 1.54) is 31.3 Å². The summed E-state index contributed by atoms with van der Waals surface area (Å²) in [6.07, 6.45) is 14.4. The topological polar surface area (TPSA) is 24.2 Å². The number of hydrogen-bond donors (Lipinski definition) is 0. The van der Waals surface area contributed by atoms with Crippen molar-refractivity contribution < 1.29 is 9.36 Å². The maximum absolute atomic E-state index is 11.3. The van der Waals surface area contributed by atoms with Crippen molar-refractivity contribution in [2.75, 3.05) is 11.4 Å². The van der Waals surface area contributed by atoms with Gasteiger partial charge in [-0.05, 0) is 60.6 Å². The van der Waals surface area contributed by atoms with E-state index in [1.807, 2.05) is 23.5 Å². The van der Waals surface area contributed by atoms with Crippen molar-refractivity contribution >= 4 is 51.4 Å². The van der Waals surface area contributed by atoms with Crippen LogP contribution in [0.1, 0.15) is 38.6 Å². The number of aryl methyl sites for hydroxylation is 1. The summed E-state index contributed by atoms with van der Waals surface area (Å²) in [4.78, 5) is 14.6. The highest BCUT2D eigenvalue weighted by Gasteiger charge is 2.27. The van der Waals surface area contributed by atoms with E-state index in [0.717, 1.165) is 36.4 Å². The number of benzene rings is 2. The molecule has 1 aromatic heterocycles. The first kappa shape index (κ1) is 23.8. The van der Waals surface area contributed by atoms with Gasteiger partial charge in [0.05, 0.1) is 17.3 Å². The third-order valence-corrected chi connectivity index (χ3v) is 8.68. The predicted molar refractivity (Wildman–Crippen MR) is 150 cm³/mol. The highest BCUT2D eigenvalue weighted by Crippen LogP contribution is 2.45. The lowest BCUT2D eigenvalue weighted by molar-refractivity contribution is -0.665. The van der Waals surface area contributed by atoms with Gasteiger partial charge in [0, 0.05) is 17.0 Å². The van der Waals surface area contributed by atoms with E-state index < -0.39 is 0 Å². The van der Waals surface area contributed by atoms with E-state index in [1.54, 1.807) is 11.8 Å². The molecular formula is C30H31N2OS2+. The van der Waals surface area contributed by atoms with Gasteiger partial charge < -0.3 is 9.69 Å². The molecule has 2 aromatic carbocycles. The maximum atomic E-state index is 11.3. The van der Waals surface area contributed by atoms with E-state index in [2.05, 4.69) is 97.0 Å². The molecule has 0 unspecified atom stereocenters. The number of carbonyl (C=O) groups is 1. The van der Waals surface area contributed by atoms with Crippen LogP contribution < -0.4 is 9.47 Å². The molecule has 2 heterocycles. The van der Waals surface area contributed by atoms with Gasteiger partial charge in [-0.2, -0.15) is 4.57 Å². The Kier molecular flexibility index (Phi) is 6.81. The predicted octanol–water partition coefficient (Wildman–Crippen LogP) is 7.55. The number of thioether (sulfide) groups is 1. The summed E-state index contributed by atoms with van der Waals surface area (Å²) in [6.45, 7) is 8.27. The van der Waals surface area contributed by atoms with Crippen LogP contribution in [-0.4, -0.2) is 12.8 Å². The van der Waals surface area contributed by atoms with Crippen molar-refractivity contribution in [1.82, 2.24) is 0 Å². The molecule has 35 heavy (non-hydrogen) atoms. The number of rotatable bonds is 6. The van der Waals surface area contributed by atoms with Crippen LogP contribution in [0.4, 0.5) is 5.69 Å². The summed E-state index contributed by atoms with van der Waals surface area (Å²) in [5.41, 5.74) is 5.36. The monoisotopic (exact) mass is 499 g/mol. The quantitative estimate of drug-likeness (QED) is 0.258. The van der Waals surface area contributed by atoms with Gasteiger partial charge in [0.25, 0.3) is 5.01 Å². The van der Waals surface area contributed by atoms with Gasteiger partial charge in [-0.25, -0.2) is 0 Å². The molecular weight excluding hydrogens is 468 g/mol. The summed E-state index contributed by atoms with van der Waals surface area (Å²) >= 11 is 3.59. The largest absolute Gasteiger partial charge is 0.328 e. The van der Waals surface area contributed by atoms with Crippen molar-refractivity contribution in [1.29, 1.82) is 0 Å². The zero-order valence-electron chi connectivity index (χ0n) is 20.5. The highest BCUT2D eigenvalue weighted by molar-refractivity contribution is 8.03. The molecule has 0 saturated heterocycles. The number of fused-ring (bicyclic) bond motifs is 2. The molecule has 3 aromatic rings. The Morgan fingerprint density at radius 2 is 1.89 bits per heavy atom. The molecule has 0 atom stereocenters. The standard InChI is InChI=1S/C30H31N2OS2/c1-4-31-24-11-5-7-13-26(24)35-29(31)19-23-18-22(20-30(2,3)21-23)10-9-15-28-32(16-17-33)25-12-6-8-14-27(25)34-28/h5-15,17-19H,4,16,20-21H2,1-3H3/q+1. The number of allylic oxidation sites excluding steroid dienone is 6.